The predicted octanol–water partition coefficient (Wildman–Crippen LogP) is 1.19. The lowest BCUT2D eigenvalue weighted by molar-refractivity contribution is -0.133. The third-order valence-corrected chi connectivity index (χ3v) is 4.44. The number of carbonyl (C=O) groups is 1. The summed E-state index contributed by atoms with van der Waals surface area (Å²) < 4.78 is 5.66. The van der Waals surface area contributed by atoms with E-state index >= 15 is 0 Å². The summed E-state index contributed by atoms with van der Waals surface area (Å²) in [5, 5.41) is 0. The molecule has 2 aliphatic rings. The molecule has 0 N–H and O–H groups in total. The Hall–Kier alpha value is -1.69. The standard InChI is InChI=1S/C16H24N4O2/c21-16(20-7-2-1-3-8-20)12-19-9-4-14(11-19)13-22-15-10-17-5-6-18-15/h5-6,10,14H,1-4,7-9,11-13H2. The van der Waals surface area contributed by atoms with Crippen LogP contribution >= 0.6 is 0 Å². The zero-order chi connectivity index (χ0) is 15.2. The van der Waals surface area contributed by atoms with Crippen LogP contribution < -0.4 is 4.74 Å². The molecule has 2 saturated heterocycles. The van der Waals surface area contributed by atoms with Crippen LogP contribution in [0.3, 0.4) is 0 Å². The Balaban J connectivity index is 1.39. The predicted molar refractivity (Wildman–Crippen MR) is 82.5 cm³/mol. The lowest BCUT2D eigenvalue weighted by Gasteiger charge is -2.28. The first-order chi connectivity index (χ1) is 10.8. The largest absolute Gasteiger partial charge is 0.476 e. The maximum atomic E-state index is 12.3. The fraction of sp³-hybridized carbons (Fsp3) is 0.688. The van der Waals surface area contributed by atoms with Gasteiger partial charge < -0.3 is 9.64 Å². The molecule has 3 rings (SSSR count). The zero-order valence-corrected chi connectivity index (χ0v) is 13.0. The number of carbonyl (C=O) groups excluding carboxylic acids is 1. The van der Waals surface area contributed by atoms with Gasteiger partial charge in [-0.25, -0.2) is 4.98 Å². The van der Waals surface area contributed by atoms with E-state index in [2.05, 4.69) is 14.9 Å². The molecule has 6 nitrogen and oxygen atoms in total. The molecule has 0 bridgehead atoms. The van der Waals surface area contributed by atoms with Gasteiger partial charge in [0.1, 0.15) is 0 Å². The van der Waals surface area contributed by atoms with Gasteiger partial charge in [0.2, 0.25) is 11.8 Å². The third-order valence-electron chi connectivity index (χ3n) is 4.44. The Labute approximate surface area is 131 Å². The molecule has 0 aromatic carbocycles. The van der Waals surface area contributed by atoms with Crippen LogP contribution in [-0.2, 0) is 4.79 Å². The summed E-state index contributed by atoms with van der Waals surface area (Å²) in [7, 11) is 0. The summed E-state index contributed by atoms with van der Waals surface area (Å²) in [4.78, 5) is 24.6. The average Bonchev–Trinajstić information content (AvgIpc) is 3.02. The maximum absolute atomic E-state index is 12.3. The molecular formula is C16H24N4O2. The van der Waals surface area contributed by atoms with E-state index < -0.39 is 0 Å². The van der Waals surface area contributed by atoms with Crippen molar-refractivity contribution in [3.63, 3.8) is 0 Å². The van der Waals surface area contributed by atoms with Crippen molar-refractivity contribution in [3.8, 4) is 5.88 Å². The molecule has 1 atom stereocenters. The number of hydrogen-bond acceptors (Lipinski definition) is 5. The van der Waals surface area contributed by atoms with Crippen molar-refractivity contribution in [2.75, 3.05) is 39.3 Å². The van der Waals surface area contributed by atoms with E-state index in [9.17, 15) is 4.79 Å². The maximum Gasteiger partial charge on any atom is 0.236 e. The van der Waals surface area contributed by atoms with Gasteiger partial charge in [-0.05, 0) is 32.2 Å². The normalized spacial score (nSPS) is 22.7. The molecule has 1 aromatic rings. The second-order valence-corrected chi connectivity index (χ2v) is 6.19. The highest BCUT2D eigenvalue weighted by atomic mass is 16.5. The number of amides is 1. The molecule has 1 aromatic heterocycles. The van der Waals surface area contributed by atoms with E-state index in [4.69, 9.17) is 4.74 Å². The molecule has 0 spiro atoms. The Morgan fingerprint density at radius 2 is 2.09 bits per heavy atom. The van der Waals surface area contributed by atoms with E-state index in [-0.39, 0.29) is 5.91 Å². The molecule has 2 aliphatic heterocycles. The summed E-state index contributed by atoms with van der Waals surface area (Å²) in [6.07, 6.45) is 9.54. The van der Waals surface area contributed by atoms with Gasteiger partial charge in [0.25, 0.3) is 0 Å². The summed E-state index contributed by atoms with van der Waals surface area (Å²) in [5.41, 5.74) is 0. The van der Waals surface area contributed by atoms with Crippen molar-refractivity contribution in [1.82, 2.24) is 19.8 Å². The highest BCUT2D eigenvalue weighted by Gasteiger charge is 2.26. The second-order valence-electron chi connectivity index (χ2n) is 6.19. The first-order valence-corrected chi connectivity index (χ1v) is 8.20. The quantitative estimate of drug-likeness (QED) is 0.818. The fourth-order valence-corrected chi connectivity index (χ4v) is 3.19. The van der Waals surface area contributed by atoms with Crippen LogP contribution in [0.2, 0.25) is 0 Å². The Morgan fingerprint density at radius 3 is 2.86 bits per heavy atom. The van der Waals surface area contributed by atoms with Crippen LogP contribution in [0.15, 0.2) is 18.6 Å². The van der Waals surface area contributed by atoms with E-state index in [1.807, 2.05) is 4.90 Å². The zero-order valence-electron chi connectivity index (χ0n) is 13.0. The van der Waals surface area contributed by atoms with Gasteiger partial charge in [0.15, 0.2) is 0 Å². The van der Waals surface area contributed by atoms with Crippen molar-refractivity contribution in [2.24, 2.45) is 5.92 Å². The number of hydrogen-bond donors (Lipinski definition) is 0. The summed E-state index contributed by atoms with van der Waals surface area (Å²) in [6, 6.07) is 0. The van der Waals surface area contributed by atoms with Gasteiger partial charge in [-0.2, -0.15) is 0 Å². The summed E-state index contributed by atoms with van der Waals surface area (Å²) in [5.74, 6) is 1.33. The number of rotatable bonds is 5. The van der Waals surface area contributed by atoms with Crippen molar-refractivity contribution >= 4 is 5.91 Å². The number of ether oxygens (including phenoxy) is 1. The molecule has 22 heavy (non-hydrogen) atoms. The Kier molecular flexibility index (Phi) is 5.21. The van der Waals surface area contributed by atoms with E-state index in [0.29, 0.717) is 24.9 Å². The molecule has 6 heteroatoms. The van der Waals surface area contributed by atoms with Gasteiger partial charge >= 0.3 is 0 Å². The van der Waals surface area contributed by atoms with Gasteiger partial charge in [-0.15, -0.1) is 0 Å². The topological polar surface area (TPSA) is 58.6 Å². The molecule has 1 unspecified atom stereocenters. The van der Waals surface area contributed by atoms with Crippen LogP contribution in [0, 0.1) is 5.92 Å². The van der Waals surface area contributed by atoms with Crippen molar-refractivity contribution in [3.05, 3.63) is 18.6 Å². The summed E-state index contributed by atoms with van der Waals surface area (Å²) in [6.45, 7) is 4.99. The van der Waals surface area contributed by atoms with Gasteiger partial charge in [-0.3, -0.25) is 14.7 Å². The minimum atomic E-state index is 0.287. The highest BCUT2D eigenvalue weighted by Crippen LogP contribution is 2.18. The van der Waals surface area contributed by atoms with Crippen molar-refractivity contribution in [1.29, 1.82) is 0 Å². The Morgan fingerprint density at radius 1 is 1.23 bits per heavy atom. The third kappa shape index (κ3) is 4.16. The lowest BCUT2D eigenvalue weighted by atomic mass is 10.1. The molecule has 3 heterocycles. The van der Waals surface area contributed by atoms with Crippen LogP contribution in [-0.4, -0.2) is 65.0 Å². The monoisotopic (exact) mass is 304 g/mol. The van der Waals surface area contributed by atoms with E-state index in [1.54, 1.807) is 18.6 Å². The molecule has 0 aliphatic carbocycles. The van der Waals surface area contributed by atoms with Gasteiger partial charge in [0, 0.05) is 37.9 Å². The molecule has 0 radical (unpaired) electrons. The SMILES string of the molecule is O=C(CN1CCC(COc2cnccn2)C1)N1CCCCC1. The highest BCUT2D eigenvalue weighted by molar-refractivity contribution is 5.78. The molecular weight excluding hydrogens is 280 g/mol. The second kappa shape index (κ2) is 7.54. The number of aromatic nitrogens is 2. The number of nitrogens with zero attached hydrogens (tertiary/aromatic N) is 4. The lowest BCUT2D eigenvalue weighted by Crippen LogP contribution is -2.42. The molecule has 1 amide bonds. The van der Waals surface area contributed by atoms with E-state index in [0.717, 1.165) is 45.4 Å². The molecule has 2 fully saturated rings. The number of piperidine rings is 1. The first kappa shape index (κ1) is 15.2. The number of likely N-dealkylation sites (tertiary alicyclic amines) is 2. The molecule has 0 saturated carbocycles. The first-order valence-electron chi connectivity index (χ1n) is 8.20. The average molecular weight is 304 g/mol. The summed E-state index contributed by atoms with van der Waals surface area (Å²) >= 11 is 0. The van der Waals surface area contributed by atoms with Gasteiger partial charge in [-0.1, -0.05) is 0 Å². The van der Waals surface area contributed by atoms with E-state index in [1.165, 1.54) is 6.42 Å². The fourth-order valence-electron chi connectivity index (χ4n) is 3.19. The smallest absolute Gasteiger partial charge is 0.236 e. The van der Waals surface area contributed by atoms with Crippen LogP contribution in [0.1, 0.15) is 25.7 Å². The molecule has 120 valence electrons. The van der Waals surface area contributed by atoms with Crippen LogP contribution in [0.5, 0.6) is 5.88 Å². The minimum absolute atomic E-state index is 0.287. The minimum Gasteiger partial charge on any atom is -0.476 e. The van der Waals surface area contributed by atoms with Crippen molar-refractivity contribution < 1.29 is 9.53 Å². The van der Waals surface area contributed by atoms with Gasteiger partial charge in [0.05, 0.1) is 19.3 Å². The van der Waals surface area contributed by atoms with Crippen LogP contribution in [0.4, 0.5) is 0 Å². The van der Waals surface area contributed by atoms with Crippen molar-refractivity contribution in [2.45, 2.75) is 25.7 Å². The van der Waals surface area contributed by atoms with Crippen LogP contribution in [0.25, 0.3) is 0 Å². The Bertz CT molecular complexity index is 476.